The Morgan fingerprint density at radius 1 is 1.15 bits per heavy atom. The van der Waals surface area contributed by atoms with Gasteiger partial charge in [-0.25, -0.2) is 4.39 Å². The molecule has 1 amide bonds. The minimum atomic E-state index is -0.259. The van der Waals surface area contributed by atoms with Gasteiger partial charge >= 0.3 is 0 Å². The summed E-state index contributed by atoms with van der Waals surface area (Å²) in [7, 11) is 0. The van der Waals surface area contributed by atoms with Crippen molar-refractivity contribution in [2.24, 2.45) is 0 Å². The monoisotopic (exact) mass is 350 g/mol. The first-order valence-electron chi connectivity index (χ1n) is 8.72. The zero-order chi connectivity index (χ0) is 17.9. The Morgan fingerprint density at radius 3 is 2.77 bits per heavy atom. The average molecular weight is 350 g/mol. The van der Waals surface area contributed by atoms with Gasteiger partial charge in [-0.1, -0.05) is 6.07 Å². The second-order valence-electron chi connectivity index (χ2n) is 6.52. The summed E-state index contributed by atoms with van der Waals surface area (Å²) in [6, 6.07) is 13.9. The minimum absolute atomic E-state index is 0.0260. The number of nitrogens with one attached hydrogen (secondary N) is 1. The van der Waals surface area contributed by atoms with Crippen LogP contribution in [-0.4, -0.2) is 39.1 Å². The van der Waals surface area contributed by atoms with Crippen LogP contribution >= 0.6 is 0 Å². The summed E-state index contributed by atoms with van der Waals surface area (Å²) in [5, 5.41) is 6.59. The number of H-pyrrole nitrogens is 1. The third kappa shape index (κ3) is 3.35. The number of halogens is 1. The van der Waals surface area contributed by atoms with Crippen molar-refractivity contribution < 1.29 is 9.18 Å². The molecule has 0 aliphatic carbocycles. The van der Waals surface area contributed by atoms with E-state index in [1.807, 2.05) is 23.1 Å². The van der Waals surface area contributed by atoms with E-state index in [0.717, 1.165) is 36.3 Å². The van der Waals surface area contributed by atoms with Crippen LogP contribution in [0.3, 0.4) is 0 Å². The van der Waals surface area contributed by atoms with Crippen LogP contribution in [0.15, 0.2) is 54.7 Å². The number of benzene rings is 1. The second-order valence-corrected chi connectivity index (χ2v) is 6.52. The molecule has 1 N–H and O–H groups in total. The van der Waals surface area contributed by atoms with Gasteiger partial charge in [0.15, 0.2) is 0 Å². The number of hydrogen-bond acceptors (Lipinski definition) is 3. The van der Waals surface area contributed by atoms with E-state index in [2.05, 4.69) is 10.2 Å². The molecule has 4 rings (SSSR count). The van der Waals surface area contributed by atoms with Gasteiger partial charge in [-0.05, 0) is 55.3 Å². The molecule has 1 aliphatic heterocycles. The fourth-order valence-corrected chi connectivity index (χ4v) is 3.41. The Morgan fingerprint density at radius 2 is 2.00 bits per heavy atom. The molecule has 1 aromatic carbocycles. The molecule has 0 bridgehead atoms. The lowest BCUT2D eigenvalue weighted by Crippen LogP contribution is -2.39. The highest BCUT2D eigenvalue weighted by atomic mass is 19.1. The van der Waals surface area contributed by atoms with Gasteiger partial charge in [-0.2, -0.15) is 5.10 Å². The molecule has 1 fully saturated rings. The number of rotatable bonds is 3. The van der Waals surface area contributed by atoms with E-state index in [0.29, 0.717) is 12.2 Å². The van der Waals surface area contributed by atoms with E-state index in [1.165, 1.54) is 12.1 Å². The number of aromatic nitrogens is 3. The van der Waals surface area contributed by atoms with Crippen molar-refractivity contribution in [1.29, 1.82) is 0 Å². The van der Waals surface area contributed by atoms with E-state index in [4.69, 9.17) is 4.98 Å². The molecule has 1 atom stereocenters. The van der Waals surface area contributed by atoms with Crippen LogP contribution < -0.4 is 0 Å². The van der Waals surface area contributed by atoms with Gasteiger partial charge in [0, 0.05) is 36.5 Å². The number of pyridine rings is 1. The van der Waals surface area contributed by atoms with Crippen molar-refractivity contribution in [1.82, 2.24) is 20.1 Å². The van der Waals surface area contributed by atoms with Crippen molar-refractivity contribution in [3.8, 4) is 11.3 Å². The Hall–Kier alpha value is -3.02. The standard InChI is InChI=1S/C20H19FN4O/c21-16-8-6-14(7-9-16)17-4-1-5-18(23-17)15-3-2-12-25(13-15)20(26)19-10-11-22-24-19/h1,4-11,15H,2-3,12-13H2,(H,22,24)/t15-/m0/s1. The largest absolute Gasteiger partial charge is 0.337 e. The number of aromatic amines is 1. The van der Waals surface area contributed by atoms with E-state index in [9.17, 15) is 9.18 Å². The molecule has 2 aromatic heterocycles. The molecule has 0 spiro atoms. The summed E-state index contributed by atoms with van der Waals surface area (Å²) in [4.78, 5) is 19.2. The lowest BCUT2D eigenvalue weighted by atomic mass is 9.93. The maximum atomic E-state index is 13.1. The molecule has 0 radical (unpaired) electrons. The Bertz CT molecular complexity index is 892. The van der Waals surface area contributed by atoms with Gasteiger partial charge in [-0.3, -0.25) is 14.9 Å². The normalized spacial score (nSPS) is 17.3. The molecule has 0 saturated carbocycles. The van der Waals surface area contributed by atoms with Crippen LogP contribution in [0.2, 0.25) is 0 Å². The third-order valence-corrected chi connectivity index (χ3v) is 4.77. The van der Waals surface area contributed by atoms with Gasteiger partial charge in [0.05, 0.1) is 5.69 Å². The average Bonchev–Trinajstić information content (AvgIpc) is 3.23. The van der Waals surface area contributed by atoms with E-state index >= 15 is 0 Å². The third-order valence-electron chi connectivity index (χ3n) is 4.77. The predicted molar refractivity (Wildman–Crippen MR) is 96.1 cm³/mol. The maximum absolute atomic E-state index is 13.1. The van der Waals surface area contributed by atoms with Crippen LogP contribution in [0, 0.1) is 5.82 Å². The first-order chi connectivity index (χ1) is 12.7. The lowest BCUT2D eigenvalue weighted by Gasteiger charge is -2.32. The smallest absolute Gasteiger partial charge is 0.271 e. The molecular weight excluding hydrogens is 331 g/mol. The van der Waals surface area contributed by atoms with Crippen LogP contribution in [-0.2, 0) is 0 Å². The molecule has 1 aliphatic rings. The quantitative estimate of drug-likeness (QED) is 0.785. The van der Waals surface area contributed by atoms with E-state index in [-0.39, 0.29) is 17.6 Å². The number of carbonyl (C=O) groups is 1. The van der Waals surface area contributed by atoms with Crippen LogP contribution in [0.1, 0.15) is 34.9 Å². The van der Waals surface area contributed by atoms with Crippen LogP contribution in [0.4, 0.5) is 4.39 Å². The summed E-state index contributed by atoms with van der Waals surface area (Å²) in [5.41, 5.74) is 3.18. The van der Waals surface area contributed by atoms with Gasteiger partial charge < -0.3 is 4.90 Å². The summed E-state index contributed by atoms with van der Waals surface area (Å²) in [6.45, 7) is 1.38. The van der Waals surface area contributed by atoms with Gasteiger partial charge in [0.1, 0.15) is 11.5 Å². The maximum Gasteiger partial charge on any atom is 0.271 e. The summed E-state index contributed by atoms with van der Waals surface area (Å²) in [6.07, 6.45) is 3.52. The van der Waals surface area contributed by atoms with Gasteiger partial charge in [0.25, 0.3) is 5.91 Å². The van der Waals surface area contributed by atoms with Crippen molar-refractivity contribution in [2.75, 3.05) is 13.1 Å². The van der Waals surface area contributed by atoms with E-state index in [1.54, 1.807) is 24.4 Å². The fraction of sp³-hybridized carbons (Fsp3) is 0.250. The zero-order valence-electron chi connectivity index (χ0n) is 14.2. The molecule has 132 valence electrons. The Balaban J connectivity index is 1.54. The van der Waals surface area contributed by atoms with Crippen LogP contribution in [0.25, 0.3) is 11.3 Å². The number of hydrogen-bond donors (Lipinski definition) is 1. The van der Waals surface area contributed by atoms with Gasteiger partial charge in [-0.15, -0.1) is 0 Å². The number of amides is 1. The highest BCUT2D eigenvalue weighted by Gasteiger charge is 2.27. The van der Waals surface area contributed by atoms with Crippen molar-refractivity contribution in [3.05, 3.63) is 71.9 Å². The Kier molecular flexibility index (Phi) is 4.48. The molecule has 6 heteroatoms. The molecule has 5 nitrogen and oxygen atoms in total. The van der Waals surface area contributed by atoms with Crippen LogP contribution in [0.5, 0.6) is 0 Å². The topological polar surface area (TPSA) is 61.9 Å². The SMILES string of the molecule is O=C(c1ccn[nH]1)N1CCC[C@H](c2cccc(-c3ccc(F)cc3)n2)C1. The lowest BCUT2D eigenvalue weighted by molar-refractivity contribution is 0.0700. The van der Waals surface area contributed by atoms with Crippen molar-refractivity contribution in [3.63, 3.8) is 0 Å². The number of piperidine rings is 1. The number of nitrogens with zero attached hydrogens (tertiary/aromatic N) is 3. The van der Waals surface area contributed by atoms with Crippen molar-refractivity contribution in [2.45, 2.75) is 18.8 Å². The predicted octanol–water partition coefficient (Wildman–Crippen LogP) is 3.63. The molecule has 26 heavy (non-hydrogen) atoms. The molecule has 1 saturated heterocycles. The minimum Gasteiger partial charge on any atom is -0.337 e. The highest BCUT2D eigenvalue weighted by molar-refractivity contribution is 5.92. The number of likely N-dealkylation sites (tertiary alicyclic amines) is 1. The molecule has 0 unspecified atom stereocenters. The summed E-state index contributed by atoms with van der Waals surface area (Å²) in [5.74, 6) is -0.0944. The Labute approximate surface area is 150 Å². The fourth-order valence-electron chi connectivity index (χ4n) is 3.41. The summed E-state index contributed by atoms with van der Waals surface area (Å²) >= 11 is 0. The molecule has 3 heterocycles. The highest BCUT2D eigenvalue weighted by Crippen LogP contribution is 2.28. The van der Waals surface area contributed by atoms with E-state index < -0.39 is 0 Å². The first kappa shape index (κ1) is 16.4. The van der Waals surface area contributed by atoms with Gasteiger partial charge in [0.2, 0.25) is 0 Å². The number of carbonyl (C=O) groups excluding carboxylic acids is 1. The summed E-state index contributed by atoms with van der Waals surface area (Å²) < 4.78 is 13.1. The van der Waals surface area contributed by atoms with Crippen molar-refractivity contribution >= 4 is 5.91 Å². The first-order valence-corrected chi connectivity index (χ1v) is 8.72. The molecule has 3 aromatic rings. The second kappa shape index (κ2) is 7.07. The zero-order valence-corrected chi connectivity index (χ0v) is 14.2. The molecular formula is C20H19FN4O.